The van der Waals surface area contributed by atoms with Crippen LogP contribution in [0.5, 0.6) is 11.5 Å². The highest BCUT2D eigenvalue weighted by Gasteiger charge is 2.17. The number of ketones is 1. The molecule has 0 spiro atoms. The Morgan fingerprint density at radius 3 is 2.39 bits per heavy atom. The molecule has 0 aromatic heterocycles. The minimum Gasteiger partial charge on any atom is -0.493 e. The Labute approximate surface area is 135 Å². The van der Waals surface area contributed by atoms with Crippen LogP contribution in [-0.4, -0.2) is 24.9 Å². The minimum atomic E-state index is -0.715. The number of hydrogen-bond donors (Lipinski definition) is 1. The lowest BCUT2D eigenvalue weighted by Gasteiger charge is -2.16. The molecule has 5 nitrogen and oxygen atoms in total. The van der Waals surface area contributed by atoms with Crippen molar-refractivity contribution in [3.8, 4) is 11.5 Å². The van der Waals surface area contributed by atoms with Crippen molar-refractivity contribution in [3.05, 3.63) is 54.1 Å². The predicted molar refractivity (Wildman–Crippen MR) is 88.2 cm³/mol. The lowest BCUT2D eigenvalue weighted by molar-refractivity contribution is -0.122. The van der Waals surface area contributed by atoms with Crippen LogP contribution >= 0.6 is 0 Å². The molecule has 1 atom stereocenters. The van der Waals surface area contributed by atoms with Gasteiger partial charge in [-0.2, -0.15) is 0 Å². The number of hydrogen-bond acceptors (Lipinski definition) is 4. The molecule has 2 aromatic rings. The Bertz CT molecular complexity index is 712. The molecule has 1 amide bonds. The second-order valence-electron chi connectivity index (χ2n) is 5.04. The normalized spacial score (nSPS) is 11.4. The van der Waals surface area contributed by atoms with Gasteiger partial charge in [-0.15, -0.1) is 0 Å². The van der Waals surface area contributed by atoms with E-state index in [0.717, 1.165) is 0 Å². The van der Waals surface area contributed by atoms with E-state index in [-0.39, 0.29) is 11.7 Å². The van der Waals surface area contributed by atoms with E-state index in [1.54, 1.807) is 56.5 Å². The summed E-state index contributed by atoms with van der Waals surface area (Å²) in [5.41, 5.74) is 1.10. The molecule has 120 valence electrons. The molecule has 0 aliphatic rings. The Hall–Kier alpha value is -2.82. The van der Waals surface area contributed by atoms with Crippen molar-refractivity contribution >= 4 is 17.4 Å². The summed E-state index contributed by atoms with van der Waals surface area (Å²) < 4.78 is 10.8. The fourth-order valence-corrected chi connectivity index (χ4v) is 2.02. The second kappa shape index (κ2) is 7.45. The number of benzene rings is 2. The average molecular weight is 313 g/mol. The third-order valence-electron chi connectivity index (χ3n) is 3.28. The molecule has 2 rings (SSSR count). The molecule has 0 aliphatic carbocycles. The second-order valence-corrected chi connectivity index (χ2v) is 5.04. The monoisotopic (exact) mass is 313 g/mol. The van der Waals surface area contributed by atoms with Crippen LogP contribution in [0.4, 0.5) is 5.69 Å². The number of ether oxygens (including phenoxy) is 2. The van der Waals surface area contributed by atoms with Crippen molar-refractivity contribution in [2.24, 2.45) is 0 Å². The summed E-state index contributed by atoms with van der Waals surface area (Å²) in [6, 6.07) is 13.9. The predicted octanol–water partition coefficient (Wildman–Crippen LogP) is 3.30. The van der Waals surface area contributed by atoms with E-state index in [0.29, 0.717) is 22.7 Å². The fraction of sp³-hybridized carbons (Fsp3) is 0.222. The maximum absolute atomic E-state index is 12.2. The molecule has 0 aliphatic heterocycles. The van der Waals surface area contributed by atoms with Crippen molar-refractivity contribution in [2.75, 3.05) is 12.4 Å². The van der Waals surface area contributed by atoms with Gasteiger partial charge in [-0.1, -0.05) is 24.3 Å². The van der Waals surface area contributed by atoms with Crippen molar-refractivity contribution in [3.63, 3.8) is 0 Å². The van der Waals surface area contributed by atoms with E-state index in [1.807, 2.05) is 6.07 Å². The zero-order valence-corrected chi connectivity index (χ0v) is 13.3. The van der Waals surface area contributed by atoms with Crippen LogP contribution in [0.1, 0.15) is 24.2 Å². The fourth-order valence-electron chi connectivity index (χ4n) is 2.02. The molecule has 0 bridgehead atoms. The first-order valence-corrected chi connectivity index (χ1v) is 7.23. The Morgan fingerprint density at radius 2 is 1.74 bits per heavy atom. The number of carbonyl (C=O) groups excluding carboxylic acids is 2. The molecule has 0 unspecified atom stereocenters. The molecular weight excluding hydrogens is 294 g/mol. The molecule has 2 aromatic carbocycles. The average Bonchev–Trinajstić information content (AvgIpc) is 2.55. The van der Waals surface area contributed by atoms with Crippen molar-refractivity contribution in [2.45, 2.75) is 20.0 Å². The van der Waals surface area contributed by atoms with Crippen LogP contribution < -0.4 is 14.8 Å². The van der Waals surface area contributed by atoms with Gasteiger partial charge < -0.3 is 14.8 Å². The molecular formula is C18H19NO4. The summed E-state index contributed by atoms with van der Waals surface area (Å²) in [5.74, 6) is 0.692. The van der Waals surface area contributed by atoms with Gasteiger partial charge >= 0.3 is 0 Å². The van der Waals surface area contributed by atoms with Gasteiger partial charge in [-0.25, -0.2) is 0 Å². The summed E-state index contributed by atoms with van der Waals surface area (Å²) in [4.78, 5) is 23.6. The Morgan fingerprint density at radius 1 is 1.04 bits per heavy atom. The zero-order valence-electron chi connectivity index (χ0n) is 13.3. The quantitative estimate of drug-likeness (QED) is 0.831. The number of carbonyl (C=O) groups is 2. The van der Waals surface area contributed by atoms with Crippen LogP contribution in [0.15, 0.2) is 48.5 Å². The number of rotatable bonds is 6. The molecule has 23 heavy (non-hydrogen) atoms. The topological polar surface area (TPSA) is 64.6 Å². The van der Waals surface area contributed by atoms with E-state index < -0.39 is 6.10 Å². The summed E-state index contributed by atoms with van der Waals surface area (Å²) in [6.45, 7) is 3.13. The Kier molecular flexibility index (Phi) is 5.36. The van der Waals surface area contributed by atoms with Crippen LogP contribution in [0.3, 0.4) is 0 Å². The number of nitrogens with one attached hydrogen (secondary N) is 1. The first-order chi connectivity index (χ1) is 11.0. The molecule has 0 saturated carbocycles. The maximum Gasteiger partial charge on any atom is 0.265 e. The highest BCUT2D eigenvalue weighted by molar-refractivity contribution is 5.98. The van der Waals surface area contributed by atoms with E-state index >= 15 is 0 Å². The first-order valence-electron chi connectivity index (χ1n) is 7.23. The van der Waals surface area contributed by atoms with Crippen LogP contribution in [0, 0.1) is 0 Å². The molecule has 5 heteroatoms. The molecule has 0 radical (unpaired) electrons. The van der Waals surface area contributed by atoms with E-state index in [1.165, 1.54) is 6.92 Å². The minimum absolute atomic E-state index is 0.0561. The lowest BCUT2D eigenvalue weighted by atomic mass is 10.1. The van der Waals surface area contributed by atoms with Crippen molar-refractivity contribution in [1.29, 1.82) is 0 Å². The SMILES string of the molecule is COc1ccccc1O[C@H](C)C(=O)Nc1cccc(C(C)=O)c1. The van der Waals surface area contributed by atoms with Crippen LogP contribution in [0.25, 0.3) is 0 Å². The van der Waals surface area contributed by atoms with Gasteiger partial charge in [0.1, 0.15) is 0 Å². The third-order valence-corrected chi connectivity index (χ3v) is 3.28. The van der Waals surface area contributed by atoms with Gasteiger partial charge in [0.15, 0.2) is 23.4 Å². The highest BCUT2D eigenvalue weighted by Crippen LogP contribution is 2.27. The molecule has 0 heterocycles. The summed E-state index contributed by atoms with van der Waals surface area (Å²) >= 11 is 0. The summed E-state index contributed by atoms with van der Waals surface area (Å²) in [6.07, 6.45) is -0.715. The molecule has 0 fully saturated rings. The first kappa shape index (κ1) is 16.5. The molecule has 0 saturated heterocycles. The standard InChI is InChI=1S/C18H19NO4/c1-12(20)14-7-6-8-15(11-14)19-18(21)13(2)23-17-10-5-4-9-16(17)22-3/h4-11,13H,1-3H3,(H,19,21)/t13-/m1/s1. The van der Waals surface area contributed by atoms with Crippen LogP contribution in [-0.2, 0) is 4.79 Å². The number of amides is 1. The van der Waals surface area contributed by atoms with Gasteiger partial charge in [0.2, 0.25) is 0 Å². The Balaban J connectivity index is 2.05. The number of para-hydroxylation sites is 2. The largest absolute Gasteiger partial charge is 0.493 e. The van der Waals surface area contributed by atoms with Crippen molar-refractivity contribution in [1.82, 2.24) is 0 Å². The van der Waals surface area contributed by atoms with E-state index in [4.69, 9.17) is 9.47 Å². The number of Topliss-reactive ketones (excluding diaryl/α,β-unsaturated/α-hetero) is 1. The highest BCUT2D eigenvalue weighted by atomic mass is 16.5. The molecule has 1 N–H and O–H groups in total. The van der Waals surface area contributed by atoms with Crippen molar-refractivity contribution < 1.29 is 19.1 Å². The van der Waals surface area contributed by atoms with Gasteiger partial charge in [0.25, 0.3) is 5.91 Å². The lowest BCUT2D eigenvalue weighted by Crippen LogP contribution is -2.30. The van der Waals surface area contributed by atoms with Gasteiger partial charge in [0.05, 0.1) is 7.11 Å². The summed E-state index contributed by atoms with van der Waals surface area (Å²) in [5, 5.41) is 2.74. The smallest absolute Gasteiger partial charge is 0.265 e. The third kappa shape index (κ3) is 4.32. The van der Waals surface area contributed by atoms with Gasteiger partial charge in [-0.05, 0) is 38.1 Å². The van der Waals surface area contributed by atoms with Gasteiger partial charge in [-0.3, -0.25) is 9.59 Å². The zero-order chi connectivity index (χ0) is 16.8. The van der Waals surface area contributed by atoms with Crippen LogP contribution in [0.2, 0.25) is 0 Å². The van der Waals surface area contributed by atoms with Gasteiger partial charge in [0, 0.05) is 11.3 Å². The van der Waals surface area contributed by atoms with E-state index in [9.17, 15) is 9.59 Å². The number of anilines is 1. The maximum atomic E-state index is 12.2. The number of methoxy groups -OCH3 is 1. The van der Waals surface area contributed by atoms with E-state index in [2.05, 4.69) is 5.32 Å². The summed E-state index contributed by atoms with van der Waals surface area (Å²) in [7, 11) is 1.54.